The highest BCUT2D eigenvalue weighted by atomic mass is 16.5. The molecule has 0 amide bonds. The first-order chi connectivity index (χ1) is 15.8. The number of ether oxygens (including phenoxy) is 1. The van der Waals surface area contributed by atoms with E-state index >= 15 is 0 Å². The van der Waals surface area contributed by atoms with E-state index in [1.165, 1.54) is 0 Å². The number of aliphatic imine (C=N–C) groups is 2. The number of rotatable bonds is 6. The summed E-state index contributed by atoms with van der Waals surface area (Å²) in [7, 11) is 7.19. The second-order valence-corrected chi connectivity index (χ2v) is 7.61. The molecule has 33 heavy (non-hydrogen) atoms. The molecule has 4 aromatic rings. The van der Waals surface area contributed by atoms with Gasteiger partial charge in [-0.05, 0) is 36.4 Å². The molecule has 0 unspecified atom stereocenters. The van der Waals surface area contributed by atoms with Crippen LogP contribution in [0.5, 0.6) is 11.5 Å². The zero-order valence-corrected chi connectivity index (χ0v) is 18.8. The Kier molecular flexibility index (Phi) is 5.95. The zero-order valence-electron chi connectivity index (χ0n) is 18.8. The maximum atomic E-state index is 12.5. The lowest BCUT2D eigenvalue weighted by Crippen LogP contribution is -2.39. The van der Waals surface area contributed by atoms with E-state index in [9.17, 15) is 10.2 Å². The van der Waals surface area contributed by atoms with E-state index in [2.05, 4.69) is 9.98 Å². The molecule has 0 spiro atoms. The molecule has 0 N–H and O–H groups in total. The van der Waals surface area contributed by atoms with Gasteiger partial charge in [0.2, 0.25) is 0 Å². The molecule has 168 valence electrons. The number of hydrogen-bond donors (Lipinski definition) is 0. The van der Waals surface area contributed by atoms with E-state index in [-0.39, 0.29) is 11.8 Å². The second-order valence-electron chi connectivity index (χ2n) is 7.61. The fraction of sp³-hybridized carbons (Fsp3) is 0.167. The molecule has 0 bridgehead atoms. The van der Waals surface area contributed by atoms with Crippen molar-refractivity contribution in [1.82, 2.24) is 9.13 Å². The van der Waals surface area contributed by atoms with Gasteiger partial charge in [0.1, 0.15) is 36.3 Å². The summed E-state index contributed by atoms with van der Waals surface area (Å²) in [6.45, 7) is 0. The van der Waals surface area contributed by atoms with E-state index in [1.54, 1.807) is 120 Å². The molecule has 0 saturated heterocycles. The van der Waals surface area contributed by atoms with Crippen LogP contribution in [0.2, 0.25) is 0 Å². The van der Waals surface area contributed by atoms with Crippen LogP contribution in [0.25, 0.3) is 0 Å². The molecule has 9 nitrogen and oxygen atoms in total. The van der Waals surface area contributed by atoms with Gasteiger partial charge in [-0.1, -0.05) is 6.07 Å². The summed E-state index contributed by atoms with van der Waals surface area (Å²) >= 11 is 0. The third kappa shape index (κ3) is 4.77. The first kappa shape index (κ1) is 21.8. The third-order valence-electron chi connectivity index (χ3n) is 5.10. The monoisotopic (exact) mass is 444 g/mol. The van der Waals surface area contributed by atoms with E-state index in [4.69, 9.17) is 4.74 Å². The number of benzene rings is 2. The van der Waals surface area contributed by atoms with E-state index < -0.39 is 0 Å². The Bertz CT molecular complexity index is 1310. The minimum Gasteiger partial charge on any atom is -0.853 e. The molecular weight excluding hydrogens is 420 g/mol. The van der Waals surface area contributed by atoms with Crippen molar-refractivity contribution >= 4 is 23.2 Å². The van der Waals surface area contributed by atoms with Gasteiger partial charge in [0.15, 0.2) is 0 Å². The van der Waals surface area contributed by atoms with Crippen LogP contribution in [0.1, 0.15) is 11.6 Å². The van der Waals surface area contributed by atoms with Crippen LogP contribution in [-0.4, -0.2) is 20.9 Å². The summed E-state index contributed by atoms with van der Waals surface area (Å²) in [5, 5.41) is 25.0. The minimum absolute atomic E-state index is 0.329. The first-order valence-corrected chi connectivity index (χ1v) is 10.2. The molecule has 0 radical (unpaired) electrons. The lowest BCUT2D eigenvalue weighted by molar-refractivity contribution is -0.674. The largest absolute Gasteiger partial charge is 0.853 e. The van der Waals surface area contributed by atoms with Crippen molar-refractivity contribution in [3.05, 3.63) is 85.0 Å². The summed E-state index contributed by atoms with van der Waals surface area (Å²) < 4.78 is 12.8. The molecule has 0 saturated carbocycles. The van der Waals surface area contributed by atoms with Crippen LogP contribution in [0.4, 0.5) is 11.4 Å². The smallest absolute Gasteiger partial charge is 0.292 e. The van der Waals surface area contributed by atoms with Crippen LogP contribution in [-0.2, 0) is 28.2 Å². The predicted octanol–water partition coefficient (Wildman–Crippen LogP) is 0.682. The standard InChI is InChI=1S/C24H24N6O3/c1-27-12-13-28(2)23(27)21(31)25-17-8-10-19(11-9-17)33-20-7-5-6-18(16-20)26-22(32)24-29(3)14-15-30(24)4/h5-16H,1-4H3. The molecule has 0 aliphatic rings. The van der Waals surface area contributed by atoms with E-state index in [0.717, 1.165) is 0 Å². The molecule has 2 aromatic heterocycles. The Morgan fingerprint density at radius 1 is 0.758 bits per heavy atom. The number of imidazole rings is 2. The molecule has 2 aromatic carbocycles. The number of hydrogen-bond acceptors (Lipinski definition) is 5. The van der Waals surface area contributed by atoms with Gasteiger partial charge in [-0.3, -0.25) is 9.98 Å². The molecule has 0 fully saturated rings. The van der Waals surface area contributed by atoms with Crippen molar-refractivity contribution < 1.29 is 24.1 Å². The summed E-state index contributed by atoms with van der Waals surface area (Å²) in [6, 6.07) is 13.9. The van der Waals surface area contributed by atoms with Gasteiger partial charge >= 0.3 is 0 Å². The van der Waals surface area contributed by atoms with Crippen molar-refractivity contribution in [3.63, 3.8) is 0 Å². The summed E-state index contributed by atoms with van der Waals surface area (Å²) in [4.78, 5) is 8.36. The molecule has 9 heteroatoms. The Hall–Kier alpha value is -4.40. The maximum Gasteiger partial charge on any atom is 0.292 e. The lowest BCUT2D eigenvalue weighted by atomic mass is 10.3. The van der Waals surface area contributed by atoms with Crippen molar-refractivity contribution in [3.8, 4) is 11.5 Å². The number of aromatic nitrogens is 4. The van der Waals surface area contributed by atoms with Crippen LogP contribution in [0.3, 0.4) is 0 Å². The normalized spacial score (nSPS) is 12.2. The average molecular weight is 444 g/mol. The van der Waals surface area contributed by atoms with Gasteiger partial charge < -0.3 is 14.9 Å². The van der Waals surface area contributed by atoms with Crippen LogP contribution >= 0.6 is 0 Å². The Morgan fingerprint density at radius 3 is 1.82 bits per heavy atom. The summed E-state index contributed by atoms with van der Waals surface area (Å²) in [5.74, 6) is 1.39. The highest BCUT2D eigenvalue weighted by molar-refractivity contribution is 5.88. The fourth-order valence-electron chi connectivity index (χ4n) is 3.46. The molecule has 0 atom stereocenters. The Labute approximate surface area is 191 Å². The Morgan fingerprint density at radius 2 is 1.30 bits per heavy atom. The van der Waals surface area contributed by atoms with Crippen molar-refractivity contribution in [2.24, 2.45) is 38.2 Å². The summed E-state index contributed by atoms with van der Waals surface area (Å²) in [6.07, 6.45) is 7.19. The summed E-state index contributed by atoms with van der Waals surface area (Å²) in [5.41, 5.74) is 1.02. The predicted molar refractivity (Wildman–Crippen MR) is 119 cm³/mol. The van der Waals surface area contributed by atoms with E-state index in [1.807, 2.05) is 0 Å². The van der Waals surface area contributed by atoms with Crippen LogP contribution in [0.15, 0.2) is 83.3 Å². The van der Waals surface area contributed by atoms with Crippen molar-refractivity contribution in [2.45, 2.75) is 0 Å². The van der Waals surface area contributed by atoms with Crippen molar-refractivity contribution in [2.75, 3.05) is 0 Å². The molecular formula is C24H24N6O3. The van der Waals surface area contributed by atoms with Crippen LogP contribution in [0, 0.1) is 0 Å². The minimum atomic E-state index is -0.343. The topological polar surface area (TPSA) is 97.7 Å². The molecule has 0 aliphatic heterocycles. The maximum absolute atomic E-state index is 12.5. The second kappa shape index (κ2) is 8.99. The van der Waals surface area contributed by atoms with Gasteiger partial charge in [0.25, 0.3) is 11.6 Å². The Balaban J connectivity index is 1.50. The fourth-order valence-corrected chi connectivity index (χ4v) is 3.46. The third-order valence-corrected chi connectivity index (χ3v) is 5.10. The molecule has 2 heterocycles. The highest BCUT2D eigenvalue weighted by Gasteiger charge is 2.12. The van der Waals surface area contributed by atoms with Gasteiger partial charge in [-0.2, -0.15) is 0 Å². The SMILES string of the molecule is Cn1cc[n+](C)c1/C([O-])=N/c1ccc(Oc2cccc(/N=C(\[O-])c3n(C)cc[n+]3C)c2)cc1. The first-order valence-electron chi connectivity index (χ1n) is 10.2. The molecule has 0 aliphatic carbocycles. The van der Waals surface area contributed by atoms with Gasteiger partial charge in [0.05, 0.1) is 51.4 Å². The van der Waals surface area contributed by atoms with Gasteiger partial charge in [0, 0.05) is 6.07 Å². The van der Waals surface area contributed by atoms with Gasteiger partial charge in [-0.15, -0.1) is 0 Å². The van der Waals surface area contributed by atoms with E-state index in [0.29, 0.717) is 34.5 Å². The van der Waals surface area contributed by atoms with Gasteiger partial charge in [-0.25, -0.2) is 18.3 Å². The lowest BCUT2D eigenvalue weighted by Gasteiger charge is -2.10. The van der Waals surface area contributed by atoms with Crippen LogP contribution < -0.4 is 24.1 Å². The zero-order chi connectivity index (χ0) is 23.5. The number of nitrogens with zero attached hydrogens (tertiary/aromatic N) is 6. The number of aryl methyl sites for hydroxylation is 4. The quantitative estimate of drug-likeness (QED) is 0.249. The highest BCUT2D eigenvalue weighted by Crippen LogP contribution is 2.27. The molecule has 4 rings (SSSR count). The average Bonchev–Trinajstić information content (AvgIpc) is 3.29. The van der Waals surface area contributed by atoms with Crippen molar-refractivity contribution in [1.29, 1.82) is 0 Å².